The lowest BCUT2D eigenvalue weighted by atomic mass is 10.2. The van der Waals surface area contributed by atoms with Gasteiger partial charge in [-0.3, -0.25) is 4.79 Å². The molecule has 3 N–H and O–H groups in total. The van der Waals surface area contributed by atoms with Crippen LogP contribution in [0.5, 0.6) is 0 Å². The molecule has 0 aliphatic rings. The summed E-state index contributed by atoms with van der Waals surface area (Å²) >= 11 is 0. The van der Waals surface area contributed by atoms with Crippen molar-refractivity contribution in [2.45, 2.75) is 47.0 Å². The van der Waals surface area contributed by atoms with Crippen molar-refractivity contribution in [2.75, 3.05) is 30.3 Å². The maximum Gasteiger partial charge on any atom is 0.221 e. The van der Waals surface area contributed by atoms with E-state index < -0.39 is 0 Å². The first-order valence-electron chi connectivity index (χ1n) is 7.74. The summed E-state index contributed by atoms with van der Waals surface area (Å²) in [5.41, 5.74) is 0.997. The fourth-order valence-electron chi connectivity index (χ4n) is 1.89. The van der Waals surface area contributed by atoms with Crippen molar-refractivity contribution >= 4 is 17.5 Å². The molecule has 0 saturated heterocycles. The Morgan fingerprint density at radius 1 is 1.05 bits per heavy atom. The zero-order valence-electron chi connectivity index (χ0n) is 13.5. The van der Waals surface area contributed by atoms with Crippen LogP contribution in [-0.2, 0) is 11.2 Å². The van der Waals surface area contributed by atoms with Crippen LogP contribution in [0, 0.1) is 6.92 Å². The summed E-state index contributed by atoms with van der Waals surface area (Å²) in [6.07, 6.45) is 2.27. The normalized spacial score (nSPS) is 10.3. The second-order valence-electron chi connectivity index (χ2n) is 4.87. The first-order valence-corrected chi connectivity index (χ1v) is 7.74. The van der Waals surface area contributed by atoms with E-state index in [2.05, 4.69) is 32.8 Å². The fourth-order valence-corrected chi connectivity index (χ4v) is 1.89. The number of nitrogens with one attached hydrogen (secondary N) is 3. The molecule has 6 nitrogen and oxygen atoms in total. The molecule has 0 aliphatic heterocycles. The largest absolute Gasteiger partial charge is 0.370 e. The van der Waals surface area contributed by atoms with Gasteiger partial charge >= 0.3 is 0 Å². The Hall–Kier alpha value is -1.85. The molecule has 0 aromatic carbocycles. The van der Waals surface area contributed by atoms with E-state index in [0.717, 1.165) is 42.4 Å². The van der Waals surface area contributed by atoms with Crippen LogP contribution in [0.1, 0.15) is 45.0 Å². The lowest BCUT2D eigenvalue weighted by Gasteiger charge is -2.14. The molecule has 0 spiro atoms. The maximum absolute atomic E-state index is 11.5. The number of nitrogens with zero attached hydrogens (tertiary/aromatic N) is 2. The van der Waals surface area contributed by atoms with Crippen LogP contribution in [0.3, 0.4) is 0 Å². The van der Waals surface area contributed by atoms with Gasteiger partial charge in [0.15, 0.2) is 0 Å². The number of anilines is 2. The van der Waals surface area contributed by atoms with Gasteiger partial charge in [0.25, 0.3) is 0 Å². The van der Waals surface area contributed by atoms with E-state index in [9.17, 15) is 4.79 Å². The minimum absolute atomic E-state index is 0.0526. The molecule has 1 aromatic heterocycles. The standard InChI is InChI=1S/C15H27N5O/c1-5-9-17-14-11(4)15(20-12(6-2)19-14)18-10-8-13(21)16-7-3/h5-10H2,1-4H3,(H,16,21)(H2,17,18,19,20). The van der Waals surface area contributed by atoms with Crippen LogP contribution in [0.2, 0.25) is 0 Å². The number of carbonyl (C=O) groups is 1. The number of hydrogen-bond acceptors (Lipinski definition) is 5. The van der Waals surface area contributed by atoms with E-state index in [-0.39, 0.29) is 5.91 Å². The van der Waals surface area contributed by atoms with E-state index in [1.54, 1.807) is 0 Å². The predicted octanol–water partition coefficient (Wildman–Crippen LogP) is 2.11. The molecule has 0 saturated carbocycles. The summed E-state index contributed by atoms with van der Waals surface area (Å²) in [6, 6.07) is 0. The van der Waals surface area contributed by atoms with Crippen molar-refractivity contribution in [3.05, 3.63) is 11.4 Å². The van der Waals surface area contributed by atoms with Crippen molar-refractivity contribution in [1.82, 2.24) is 15.3 Å². The van der Waals surface area contributed by atoms with Gasteiger partial charge in [-0.25, -0.2) is 9.97 Å². The summed E-state index contributed by atoms with van der Waals surface area (Å²) in [4.78, 5) is 20.5. The number of amides is 1. The highest BCUT2D eigenvalue weighted by atomic mass is 16.1. The predicted molar refractivity (Wildman–Crippen MR) is 86.7 cm³/mol. The van der Waals surface area contributed by atoms with Gasteiger partial charge in [0, 0.05) is 38.0 Å². The van der Waals surface area contributed by atoms with Crippen molar-refractivity contribution in [3.8, 4) is 0 Å². The number of hydrogen-bond donors (Lipinski definition) is 3. The minimum Gasteiger partial charge on any atom is -0.370 e. The molecular weight excluding hydrogens is 266 g/mol. The Balaban J connectivity index is 2.73. The molecule has 118 valence electrons. The smallest absolute Gasteiger partial charge is 0.221 e. The third-order valence-corrected chi connectivity index (χ3v) is 3.07. The SMILES string of the molecule is CCCNc1nc(CC)nc(NCCC(=O)NCC)c1C. The Bertz CT molecular complexity index is 462. The van der Waals surface area contributed by atoms with Gasteiger partial charge in [0.2, 0.25) is 5.91 Å². The van der Waals surface area contributed by atoms with Crippen molar-refractivity contribution in [1.29, 1.82) is 0 Å². The van der Waals surface area contributed by atoms with Crippen molar-refractivity contribution in [3.63, 3.8) is 0 Å². The second-order valence-corrected chi connectivity index (χ2v) is 4.87. The van der Waals surface area contributed by atoms with Gasteiger partial charge in [0.1, 0.15) is 17.5 Å². The van der Waals surface area contributed by atoms with Gasteiger partial charge in [-0.1, -0.05) is 13.8 Å². The molecule has 6 heteroatoms. The van der Waals surface area contributed by atoms with Crippen LogP contribution in [0.4, 0.5) is 11.6 Å². The van der Waals surface area contributed by atoms with Crippen LogP contribution in [0.25, 0.3) is 0 Å². The number of rotatable bonds is 9. The number of aromatic nitrogens is 2. The monoisotopic (exact) mass is 293 g/mol. The summed E-state index contributed by atoms with van der Waals surface area (Å²) in [7, 11) is 0. The fraction of sp³-hybridized carbons (Fsp3) is 0.667. The molecule has 1 amide bonds. The summed E-state index contributed by atoms with van der Waals surface area (Å²) in [5, 5.41) is 9.35. The highest BCUT2D eigenvalue weighted by molar-refractivity contribution is 5.76. The van der Waals surface area contributed by atoms with Crippen molar-refractivity contribution in [2.24, 2.45) is 0 Å². The van der Waals surface area contributed by atoms with Crippen molar-refractivity contribution < 1.29 is 4.79 Å². The second kappa shape index (κ2) is 9.15. The first kappa shape index (κ1) is 17.2. The van der Waals surface area contributed by atoms with Gasteiger partial charge in [-0.05, 0) is 20.3 Å². The molecule has 1 aromatic rings. The molecule has 21 heavy (non-hydrogen) atoms. The molecule has 1 rings (SSSR count). The highest BCUT2D eigenvalue weighted by Gasteiger charge is 2.10. The first-order chi connectivity index (χ1) is 10.1. The van der Waals surface area contributed by atoms with Gasteiger partial charge < -0.3 is 16.0 Å². The van der Waals surface area contributed by atoms with Crippen LogP contribution < -0.4 is 16.0 Å². The number of aryl methyl sites for hydroxylation is 1. The summed E-state index contributed by atoms with van der Waals surface area (Å²) < 4.78 is 0. The Morgan fingerprint density at radius 3 is 2.19 bits per heavy atom. The quantitative estimate of drug-likeness (QED) is 0.650. The Labute approximate surface area is 127 Å². The van der Waals surface area contributed by atoms with E-state index in [1.807, 2.05) is 20.8 Å². The van der Waals surface area contributed by atoms with Gasteiger partial charge in [-0.2, -0.15) is 0 Å². The minimum atomic E-state index is 0.0526. The molecule has 0 fully saturated rings. The lowest BCUT2D eigenvalue weighted by molar-refractivity contribution is -0.120. The summed E-state index contributed by atoms with van der Waals surface area (Å²) in [6.45, 7) is 10.2. The molecule has 0 radical (unpaired) electrons. The molecule has 1 heterocycles. The number of carbonyl (C=O) groups excluding carboxylic acids is 1. The molecule has 0 atom stereocenters. The Morgan fingerprint density at radius 2 is 1.67 bits per heavy atom. The molecule has 0 bridgehead atoms. The Kier molecular flexibility index (Phi) is 7.50. The molecular formula is C15H27N5O. The van der Waals surface area contributed by atoms with Crippen LogP contribution in [0.15, 0.2) is 0 Å². The lowest BCUT2D eigenvalue weighted by Crippen LogP contribution is -2.25. The molecule has 0 aliphatic carbocycles. The topological polar surface area (TPSA) is 78.9 Å². The average molecular weight is 293 g/mol. The van der Waals surface area contributed by atoms with Crippen LogP contribution in [-0.4, -0.2) is 35.5 Å². The summed E-state index contributed by atoms with van der Waals surface area (Å²) in [5.74, 6) is 2.55. The van der Waals surface area contributed by atoms with E-state index >= 15 is 0 Å². The van der Waals surface area contributed by atoms with E-state index in [1.165, 1.54) is 0 Å². The average Bonchev–Trinajstić information content (AvgIpc) is 2.48. The zero-order valence-corrected chi connectivity index (χ0v) is 13.5. The van der Waals surface area contributed by atoms with Gasteiger partial charge in [-0.15, -0.1) is 0 Å². The third kappa shape index (κ3) is 5.57. The maximum atomic E-state index is 11.5. The van der Waals surface area contributed by atoms with E-state index in [4.69, 9.17) is 0 Å². The highest BCUT2D eigenvalue weighted by Crippen LogP contribution is 2.20. The third-order valence-electron chi connectivity index (χ3n) is 3.07. The van der Waals surface area contributed by atoms with Gasteiger partial charge in [0.05, 0.1) is 0 Å². The zero-order chi connectivity index (χ0) is 15.7. The van der Waals surface area contributed by atoms with E-state index in [0.29, 0.717) is 19.5 Å². The molecule has 0 unspecified atom stereocenters. The van der Waals surface area contributed by atoms with Crippen LogP contribution >= 0.6 is 0 Å².